The molecule has 1 aliphatic heterocycles. The molecule has 0 bridgehead atoms. The fraction of sp³-hybridized carbons (Fsp3) is 0.375. The van der Waals surface area contributed by atoms with Crippen molar-refractivity contribution in [2.75, 3.05) is 0 Å². The second kappa shape index (κ2) is 5.36. The molecule has 22 heavy (non-hydrogen) atoms. The van der Waals surface area contributed by atoms with E-state index in [4.69, 9.17) is 0 Å². The van der Waals surface area contributed by atoms with Gasteiger partial charge in [-0.1, -0.05) is 30.3 Å². The molecule has 0 amide bonds. The van der Waals surface area contributed by atoms with Crippen LogP contribution in [0.1, 0.15) is 35.4 Å². The Hall–Kier alpha value is -2.50. The molecule has 0 fully saturated rings. The number of hydrogen-bond donors (Lipinski definition) is 0. The summed E-state index contributed by atoms with van der Waals surface area (Å²) in [7, 11) is 0. The van der Waals surface area contributed by atoms with Crippen molar-refractivity contribution in [2.45, 2.75) is 38.8 Å². The van der Waals surface area contributed by atoms with Crippen molar-refractivity contribution >= 4 is 0 Å². The molecule has 1 unspecified atom stereocenters. The first kappa shape index (κ1) is 13.2. The minimum Gasteiger partial charge on any atom is -0.249 e. The first-order valence-electron chi connectivity index (χ1n) is 7.61. The van der Waals surface area contributed by atoms with Crippen molar-refractivity contribution < 1.29 is 0 Å². The van der Waals surface area contributed by atoms with Gasteiger partial charge in [-0.05, 0) is 18.9 Å². The first-order valence-corrected chi connectivity index (χ1v) is 7.61. The van der Waals surface area contributed by atoms with E-state index in [9.17, 15) is 0 Å². The molecule has 0 aliphatic carbocycles. The minimum absolute atomic E-state index is 0.346. The van der Waals surface area contributed by atoms with Crippen molar-refractivity contribution in [2.24, 2.45) is 0 Å². The fourth-order valence-corrected chi connectivity index (χ4v) is 3.09. The predicted octanol–water partition coefficient (Wildman–Crippen LogP) is 1.96. The summed E-state index contributed by atoms with van der Waals surface area (Å²) in [5.74, 6) is 3.30. The van der Waals surface area contributed by atoms with E-state index in [1.807, 2.05) is 22.4 Å². The molecule has 1 atom stereocenters. The van der Waals surface area contributed by atoms with Crippen LogP contribution in [0.15, 0.2) is 36.7 Å². The van der Waals surface area contributed by atoms with E-state index >= 15 is 0 Å². The molecule has 1 aromatic carbocycles. The monoisotopic (exact) mass is 294 g/mol. The average molecular weight is 294 g/mol. The number of hydrogen-bond acceptors (Lipinski definition) is 4. The number of aromatic nitrogens is 6. The van der Waals surface area contributed by atoms with E-state index < -0.39 is 0 Å². The second-order valence-corrected chi connectivity index (χ2v) is 5.75. The molecule has 3 heterocycles. The standard InChI is InChI=1S/C16H18N6/c1-12-19-16(14-7-8-15-17-11-18-21(15)10-14)22(20-12)9-13-5-3-2-4-6-13/h2-6,11,14H,7-10H2,1H3. The van der Waals surface area contributed by atoms with Gasteiger partial charge in [-0.15, -0.1) is 0 Å². The maximum absolute atomic E-state index is 4.68. The van der Waals surface area contributed by atoms with Gasteiger partial charge in [-0.3, -0.25) is 0 Å². The molecule has 112 valence electrons. The van der Waals surface area contributed by atoms with Crippen LogP contribution < -0.4 is 0 Å². The van der Waals surface area contributed by atoms with Crippen LogP contribution in [-0.4, -0.2) is 29.5 Å². The molecule has 2 aromatic heterocycles. The highest BCUT2D eigenvalue weighted by Gasteiger charge is 2.25. The van der Waals surface area contributed by atoms with Crippen LogP contribution in [0.4, 0.5) is 0 Å². The zero-order chi connectivity index (χ0) is 14.9. The quantitative estimate of drug-likeness (QED) is 0.741. The SMILES string of the molecule is Cc1nc(C2CCc3ncnn3C2)n(Cc2ccccc2)n1. The molecular formula is C16H18N6. The maximum atomic E-state index is 4.68. The minimum atomic E-state index is 0.346. The van der Waals surface area contributed by atoms with E-state index in [-0.39, 0.29) is 0 Å². The van der Waals surface area contributed by atoms with Crippen LogP contribution in [0.25, 0.3) is 0 Å². The second-order valence-electron chi connectivity index (χ2n) is 5.75. The summed E-state index contributed by atoms with van der Waals surface area (Å²) in [6, 6.07) is 10.4. The lowest BCUT2D eigenvalue weighted by Crippen LogP contribution is -2.23. The highest BCUT2D eigenvalue weighted by atomic mass is 15.4. The summed E-state index contributed by atoms with van der Waals surface area (Å²) in [6.07, 6.45) is 3.63. The third kappa shape index (κ3) is 2.41. The summed E-state index contributed by atoms with van der Waals surface area (Å²) in [5.41, 5.74) is 1.24. The van der Waals surface area contributed by atoms with E-state index in [1.54, 1.807) is 6.33 Å². The lowest BCUT2D eigenvalue weighted by Gasteiger charge is -2.22. The van der Waals surface area contributed by atoms with Crippen LogP contribution in [0.3, 0.4) is 0 Å². The Morgan fingerprint density at radius 1 is 1.23 bits per heavy atom. The summed E-state index contributed by atoms with van der Waals surface area (Å²) in [6.45, 7) is 3.55. The van der Waals surface area contributed by atoms with Gasteiger partial charge in [0.15, 0.2) is 0 Å². The van der Waals surface area contributed by atoms with E-state index in [0.29, 0.717) is 5.92 Å². The fourth-order valence-electron chi connectivity index (χ4n) is 3.09. The van der Waals surface area contributed by atoms with Gasteiger partial charge in [-0.2, -0.15) is 10.2 Å². The van der Waals surface area contributed by atoms with Crippen molar-refractivity contribution in [3.05, 3.63) is 59.7 Å². The Bertz CT molecular complexity index is 773. The Kier molecular flexibility index (Phi) is 3.21. The molecule has 0 saturated heterocycles. The molecule has 6 heteroatoms. The zero-order valence-electron chi connectivity index (χ0n) is 12.6. The molecule has 0 saturated carbocycles. The Balaban J connectivity index is 1.62. The van der Waals surface area contributed by atoms with Gasteiger partial charge in [0.2, 0.25) is 0 Å². The molecule has 0 spiro atoms. The molecule has 0 radical (unpaired) electrons. The Morgan fingerprint density at radius 2 is 2.09 bits per heavy atom. The molecular weight excluding hydrogens is 276 g/mol. The number of aryl methyl sites for hydroxylation is 2. The van der Waals surface area contributed by atoms with Crippen molar-refractivity contribution in [3.63, 3.8) is 0 Å². The van der Waals surface area contributed by atoms with Gasteiger partial charge in [-0.25, -0.2) is 19.3 Å². The Labute approximate surface area is 128 Å². The van der Waals surface area contributed by atoms with Crippen molar-refractivity contribution in [3.8, 4) is 0 Å². The third-order valence-electron chi connectivity index (χ3n) is 4.15. The lowest BCUT2D eigenvalue weighted by atomic mass is 9.99. The molecule has 3 aromatic rings. The summed E-state index contributed by atoms with van der Waals surface area (Å²) in [5, 5.41) is 8.89. The normalized spacial score (nSPS) is 17.4. The van der Waals surface area contributed by atoms with Crippen molar-refractivity contribution in [1.29, 1.82) is 0 Å². The number of fused-ring (bicyclic) bond motifs is 1. The third-order valence-corrected chi connectivity index (χ3v) is 4.15. The van der Waals surface area contributed by atoms with Gasteiger partial charge >= 0.3 is 0 Å². The summed E-state index contributed by atoms with van der Waals surface area (Å²) in [4.78, 5) is 8.97. The van der Waals surface area contributed by atoms with Gasteiger partial charge in [0.25, 0.3) is 0 Å². The van der Waals surface area contributed by atoms with Gasteiger partial charge in [0, 0.05) is 12.3 Å². The van der Waals surface area contributed by atoms with Gasteiger partial charge in [0.05, 0.1) is 13.1 Å². The Morgan fingerprint density at radius 3 is 2.95 bits per heavy atom. The zero-order valence-corrected chi connectivity index (χ0v) is 12.6. The summed E-state index contributed by atoms with van der Waals surface area (Å²) >= 11 is 0. The van der Waals surface area contributed by atoms with Crippen LogP contribution in [0.2, 0.25) is 0 Å². The summed E-state index contributed by atoms with van der Waals surface area (Å²) < 4.78 is 4.03. The number of benzene rings is 1. The smallest absolute Gasteiger partial charge is 0.147 e. The molecule has 0 N–H and O–H groups in total. The molecule has 4 rings (SSSR count). The van der Waals surface area contributed by atoms with E-state index in [0.717, 1.165) is 43.4 Å². The maximum Gasteiger partial charge on any atom is 0.147 e. The van der Waals surface area contributed by atoms with Crippen LogP contribution in [-0.2, 0) is 19.5 Å². The van der Waals surface area contributed by atoms with Gasteiger partial charge < -0.3 is 0 Å². The molecule has 1 aliphatic rings. The van der Waals surface area contributed by atoms with E-state index in [1.165, 1.54) is 5.56 Å². The van der Waals surface area contributed by atoms with Crippen LogP contribution >= 0.6 is 0 Å². The van der Waals surface area contributed by atoms with Crippen molar-refractivity contribution in [1.82, 2.24) is 29.5 Å². The lowest BCUT2D eigenvalue weighted by molar-refractivity contribution is 0.395. The number of rotatable bonds is 3. The van der Waals surface area contributed by atoms with Crippen LogP contribution in [0, 0.1) is 6.92 Å². The average Bonchev–Trinajstić information content (AvgIpc) is 3.14. The van der Waals surface area contributed by atoms with Gasteiger partial charge in [0.1, 0.15) is 23.8 Å². The highest BCUT2D eigenvalue weighted by molar-refractivity contribution is 5.16. The molecule has 6 nitrogen and oxygen atoms in total. The highest BCUT2D eigenvalue weighted by Crippen LogP contribution is 2.26. The predicted molar refractivity (Wildman–Crippen MR) is 81.4 cm³/mol. The first-order chi connectivity index (χ1) is 10.8. The largest absolute Gasteiger partial charge is 0.249 e. The topological polar surface area (TPSA) is 61.4 Å². The number of nitrogens with zero attached hydrogens (tertiary/aromatic N) is 6. The van der Waals surface area contributed by atoms with Crippen LogP contribution in [0.5, 0.6) is 0 Å². The van der Waals surface area contributed by atoms with E-state index in [2.05, 4.69) is 44.4 Å².